The highest BCUT2D eigenvalue weighted by Crippen LogP contribution is 2.37. The summed E-state index contributed by atoms with van der Waals surface area (Å²) >= 11 is 0. The molecule has 4 rings (SSSR count). The number of para-hydroxylation sites is 1. The molecule has 0 aliphatic carbocycles. The van der Waals surface area contributed by atoms with E-state index in [9.17, 15) is 13.2 Å². The van der Waals surface area contributed by atoms with E-state index in [2.05, 4.69) is 10.2 Å². The van der Waals surface area contributed by atoms with Crippen molar-refractivity contribution in [3.8, 4) is 11.3 Å². The third-order valence-electron chi connectivity index (χ3n) is 4.94. The van der Waals surface area contributed by atoms with Gasteiger partial charge < -0.3 is 9.80 Å². The van der Waals surface area contributed by atoms with Crippen LogP contribution in [0.3, 0.4) is 0 Å². The average molecular weight is 402 g/mol. The summed E-state index contributed by atoms with van der Waals surface area (Å²) in [5, 5.41) is 6.82. The lowest BCUT2D eigenvalue weighted by Gasteiger charge is -2.25. The minimum atomic E-state index is -4.59. The number of anilines is 2. The Bertz CT molecular complexity index is 1000. The molecule has 0 fully saturated rings. The van der Waals surface area contributed by atoms with Gasteiger partial charge in [-0.25, -0.2) is 4.39 Å². The standard InChI is InChI=1S/C21H18F4N4/c1-28-11-12-29(14-5-3-2-4-6-14)18-9-7-15(20(22)16(18)13-28)17-8-10-19(27-26-17)21(23,24)25/h2-10H,11-13H2,1H3. The lowest BCUT2D eigenvalue weighted by molar-refractivity contribution is -0.141. The van der Waals surface area contributed by atoms with Crippen LogP contribution in [0.1, 0.15) is 11.3 Å². The molecule has 8 heteroatoms. The van der Waals surface area contributed by atoms with Gasteiger partial charge in [0, 0.05) is 42.1 Å². The smallest absolute Gasteiger partial charge is 0.340 e. The zero-order valence-corrected chi connectivity index (χ0v) is 15.6. The fourth-order valence-electron chi connectivity index (χ4n) is 3.46. The second kappa shape index (κ2) is 7.44. The zero-order valence-electron chi connectivity index (χ0n) is 15.6. The Morgan fingerprint density at radius 1 is 0.897 bits per heavy atom. The van der Waals surface area contributed by atoms with Crippen LogP contribution >= 0.6 is 0 Å². The van der Waals surface area contributed by atoms with Crippen LogP contribution in [-0.4, -0.2) is 35.2 Å². The van der Waals surface area contributed by atoms with Gasteiger partial charge >= 0.3 is 6.18 Å². The number of likely N-dealkylation sites (N-methyl/N-ethyl adjacent to an activating group) is 1. The third kappa shape index (κ3) is 3.80. The Morgan fingerprint density at radius 2 is 1.66 bits per heavy atom. The van der Waals surface area contributed by atoms with Crippen molar-refractivity contribution in [1.82, 2.24) is 15.1 Å². The minimum Gasteiger partial charge on any atom is -0.340 e. The van der Waals surface area contributed by atoms with E-state index in [1.54, 1.807) is 12.1 Å². The molecule has 0 saturated carbocycles. The maximum Gasteiger partial charge on any atom is 0.435 e. The Labute approximate surface area is 165 Å². The average Bonchev–Trinajstić information content (AvgIpc) is 2.87. The van der Waals surface area contributed by atoms with Crippen molar-refractivity contribution in [2.24, 2.45) is 0 Å². The zero-order chi connectivity index (χ0) is 20.6. The second-order valence-electron chi connectivity index (χ2n) is 6.95. The van der Waals surface area contributed by atoms with Gasteiger partial charge in [-0.1, -0.05) is 18.2 Å². The molecule has 29 heavy (non-hydrogen) atoms. The predicted molar refractivity (Wildman–Crippen MR) is 102 cm³/mol. The topological polar surface area (TPSA) is 32.3 Å². The summed E-state index contributed by atoms with van der Waals surface area (Å²) in [6.07, 6.45) is -4.59. The molecule has 1 aliphatic heterocycles. The van der Waals surface area contributed by atoms with Crippen LogP contribution in [0.25, 0.3) is 11.3 Å². The Morgan fingerprint density at radius 3 is 2.31 bits per heavy atom. The normalized spacial score (nSPS) is 15.1. The van der Waals surface area contributed by atoms with E-state index in [4.69, 9.17) is 0 Å². The van der Waals surface area contributed by atoms with Crippen molar-refractivity contribution in [3.63, 3.8) is 0 Å². The maximum absolute atomic E-state index is 15.5. The molecule has 1 aromatic heterocycles. The number of hydrogen-bond donors (Lipinski definition) is 0. The first-order valence-electron chi connectivity index (χ1n) is 9.08. The first-order valence-corrected chi connectivity index (χ1v) is 9.08. The molecular formula is C21H18F4N4. The van der Waals surface area contributed by atoms with Crippen molar-refractivity contribution in [3.05, 3.63) is 71.7 Å². The highest BCUT2D eigenvalue weighted by atomic mass is 19.4. The maximum atomic E-state index is 15.5. The summed E-state index contributed by atoms with van der Waals surface area (Å²) in [6, 6.07) is 15.0. The van der Waals surface area contributed by atoms with Crippen LogP contribution in [-0.2, 0) is 12.7 Å². The van der Waals surface area contributed by atoms with Gasteiger partial charge in [0.1, 0.15) is 5.82 Å². The van der Waals surface area contributed by atoms with Crippen LogP contribution in [0.4, 0.5) is 28.9 Å². The van der Waals surface area contributed by atoms with Crippen LogP contribution in [0, 0.1) is 5.82 Å². The third-order valence-corrected chi connectivity index (χ3v) is 4.94. The SMILES string of the molecule is CN1CCN(c2ccccc2)c2ccc(-c3ccc(C(F)(F)F)nn3)c(F)c2C1. The van der Waals surface area contributed by atoms with E-state index < -0.39 is 17.7 Å². The molecule has 0 unspecified atom stereocenters. The molecule has 0 radical (unpaired) electrons. The molecule has 0 saturated heterocycles. The molecule has 150 valence electrons. The van der Waals surface area contributed by atoms with Gasteiger partial charge in [-0.15, -0.1) is 10.2 Å². The number of alkyl halides is 3. The molecule has 0 bridgehead atoms. The number of rotatable bonds is 2. The van der Waals surface area contributed by atoms with Crippen LogP contribution in [0.5, 0.6) is 0 Å². The molecular weight excluding hydrogens is 384 g/mol. The molecule has 0 spiro atoms. The predicted octanol–water partition coefficient (Wildman–Crippen LogP) is 4.89. The Kier molecular flexibility index (Phi) is 4.96. The van der Waals surface area contributed by atoms with Gasteiger partial charge in [-0.2, -0.15) is 13.2 Å². The van der Waals surface area contributed by atoms with Gasteiger partial charge in [0.2, 0.25) is 0 Å². The summed E-state index contributed by atoms with van der Waals surface area (Å²) in [4.78, 5) is 4.05. The second-order valence-corrected chi connectivity index (χ2v) is 6.95. The van der Waals surface area contributed by atoms with E-state index in [-0.39, 0.29) is 11.3 Å². The van der Waals surface area contributed by atoms with Gasteiger partial charge in [0.25, 0.3) is 0 Å². The molecule has 2 aromatic carbocycles. The van der Waals surface area contributed by atoms with Gasteiger partial charge in [0.15, 0.2) is 5.69 Å². The number of fused-ring (bicyclic) bond motifs is 1. The van der Waals surface area contributed by atoms with Crippen molar-refractivity contribution >= 4 is 11.4 Å². The molecule has 1 aliphatic rings. The molecule has 3 aromatic rings. The molecule has 0 amide bonds. The van der Waals surface area contributed by atoms with Gasteiger partial charge in [-0.3, -0.25) is 0 Å². The molecule has 0 N–H and O–H groups in total. The first kappa shape index (κ1) is 19.3. The van der Waals surface area contributed by atoms with Crippen LogP contribution in [0.2, 0.25) is 0 Å². The number of benzene rings is 2. The van der Waals surface area contributed by atoms with E-state index in [1.165, 1.54) is 0 Å². The van der Waals surface area contributed by atoms with Gasteiger partial charge in [0.05, 0.1) is 5.69 Å². The summed E-state index contributed by atoms with van der Waals surface area (Å²) in [5.41, 5.74) is 1.26. The lowest BCUT2D eigenvalue weighted by Crippen LogP contribution is -2.26. The van der Waals surface area contributed by atoms with E-state index in [0.29, 0.717) is 18.7 Å². The molecule has 2 heterocycles. The van der Waals surface area contributed by atoms with E-state index in [0.717, 1.165) is 30.1 Å². The fourth-order valence-corrected chi connectivity index (χ4v) is 3.46. The van der Waals surface area contributed by atoms with Crippen LogP contribution in [0.15, 0.2) is 54.6 Å². The molecule has 0 atom stereocenters. The number of aromatic nitrogens is 2. The Balaban J connectivity index is 1.78. The van der Waals surface area contributed by atoms with Gasteiger partial charge in [-0.05, 0) is 43.4 Å². The lowest BCUT2D eigenvalue weighted by atomic mass is 10.0. The highest BCUT2D eigenvalue weighted by Gasteiger charge is 2.33. The summed E-state index contributed by atoms with van der Waals surface area (Å²) < 4.78 is 53.7. The summed E-state index contributed by atoms with van der Waals surface area (Å²) in [5.74, 6) is -0.494. The van der Waals surface area contributed by atoms with Crippen molar-refractivity contribution in [2.75, 3.05) is 25.0 Å². The Hall–Kier alpha value is -3.00. The van der Waals surface area contributed by atoms with Crippen molar-refractivity contribution < 1.29 is 17.6 Å². The highest BCUT2D eigenvalue weighted by molar-refractivity contribution is 5.72. The largest absolute Gasteiger partial charge is 0.435 e. The first-order chi connectivity index (χ1) is 13.8. The van der Waals surface area contributed by atoms with Crippen LogP contribution < -0.4 is 4.90 Å². The number of hydrogen-bond acceptors (Lipinski definition) is 4. The monoisotopic (exact) mass is 402 g/mol. The fraction of sp³-hybridized carbons (Fsp3) is 0.238. The minimum absolute atomic E-state index is 0.0662. The van der Waals surface area contributed by atoms with E-state index >= 15 is 4.39 Å². The molecule has 4 nitrogen and oxygen atoms in total. The summed E-state index contributed by atoms with van der Waals surface area (Å²) in [7, 11) is 1.91. The number of nitrogens with zero attached hydrogens (tertiary/aromatic N) is 4. The summed E-state index contributed by atoms with van der Waals surface area (Å²) in [6.45, 7) is 1.80. The quantitative estimate of drug-likeness (QED) is 0.572. The van der Waals surface area contributed by atoms with E-state index in [1.807, 2.05) is 47.2 Å². The van der Waals surface area contributed by atoms with Crippen molar-refractivity contribution in [2.45, 2.75) is 12.7 Å². The number of halogens is 4. The van der Waals surface area contributed by atoms with Crippen molar-refractivity contribution in [1.29, 1.82) is 0 Å².